The number of carbonyl (C=O) groups excluding carboxylic acids is 1. The van der Waals surface area contributed by atoms with Crippen molar-refractivity contribution in [3.05, 3.63) is 36.9 Å². The lowest BCUT2D eigenvalue weighted by Gasteiger charge is -2.05. The van der Waals surface area contributed by atoms with E-state index in [4.69, 9.17) is 4.74 Å². The lowest BCUT2D eigenvalue weighted by molar-refractivity contribution is -0.114. The highest BCUT2D eigenvalue weighted by Crippen LogP contribution is 2.15. The minimum absolute atomic E-state index is 0.0106. The summed E-state index contributed by atoms with van der Waals surface area (Å²) in [4.78, 5) is 10.9. The number of amides is 1. The molecular formula is C10H11NO4S. The molecule has 0 saturated carbocycles. The molecule has 1 rings (SSSR count). The van der Waals surface area contributed by atoms with Gasteiger partial charge in [0.2, 0.25) is 0 Å². The van der Waals surface area contributed by atoms with Gasteiger partial charge in [0.05, 0.1) is 12.0 Å². The zero-order valence-corrected chi connectivity index (χ0v) is 9.45. The second kappa shape index (κ2) is 4.80. The van der Waals surface area contributed by atoms with Crippen molar-refractivity contribution in [2.75, 3.05) is 7.11 Å². The van der Waals surface area contributed by atoms with Gasteiger partial charge in [-0.25, -0.2) is 13.1 Å². The lowest BCUT2D eigenvalue weighted by atomic mass is 10.3. The highest BCUT2D eigenvalue weighted by molar-refractivity contribution is 7.90. The Hall–Kier alpha value is -1.82. The van der Waals surface area contributed by atoms with Gasteiger partial charge < -0.3 is 4.74 Å². The van der Waals surface area contributed by atoms with Crippen LogP contribution in [0.2, 0.25) is 0 Å². The van der Waals surface area contributed by atoms with Gasteiger partial charge in [-0.3, -0.25) is 4.79 Å². The van der Waals surface area contributed by atoms with E-state index in [1.54, 1.807) is 0 Å². The molecule has 16 heavy (non-hydrogen) atoms. The SMILES string of the molecule is C=CC(=O)NS(=O)(=O)c1ccc(OC)cc1. The normalized spacial score (nSPS) is 10.6. The van der Waals surface area contributed by atoms with Gasteiger partial charge >= 0.3 is 0 Å². The minimum atomic E-state index is -3.82. The summed E-state index contributed by atoms with van der Waals surface area (Å²) in [5, 5.41) is 0. The Morgan fingerprint density at radius 1 is 1.38 bits per heavy atom. The fourth-order valence-corrected chi connectivity index (χ4v) is 1.95. The number of nitrogens with one attached hydrogen (secondary N) is 1. The number of hydrogen-bond acceptors (Lipinski definition) is 4. The van der Waals surface area contributed by atoms with E-state index in [1.807, 2.05) is 4.72 Å². The summed E-state index contributed by atoms with van der Waals surface area (Å²) in [7, 11) is -2.35. The first-order valence-corrected chi connectivity index (χ1v) is 5.81. The lowest BCUT2D eigenvalue weighted by Crippen LogP contribution is -2.28. The summed E-state index contributed by atoms with van der Waals surface area (Å²) in [6.45, 7) is 3.17. The molecule has 0 aliphatic carbocycles. The van der Waals surface area contributed by atoms with Crippen LogP contribution in [0, 0.1) is 0 Å². The van der Waals surface area contributed by atoms with Crippen LogP contribution in [0.25, 0.3) is 0 Å². The van der Waals surface area contributed by atoms with Gasteiger partial charge in [0, 0.05) is 0 Å². The Bertz CT molecular complexity index is 490. The average Bonchev–Trinajstić information content (AvgIpc) is 2.28. The molecule has 0 unspecified atom stereocenters. The van der Waals surface area contributed by atoms with Crippen LogP contribution in [0.3, 0.4) is 0 Å². The zero-order chi connectivity index (χ0) is 12.2. The van der Waals surface area contributed by atoms with Crippen LogP contribution >= 0.6 is 0 Å². The predicted molar refractivity (Wildman–Crippen MR) is 58.5 cm³/mol. The second-order valence-electron chi connectivity index (χ2n) is 2.85. The molecule has 5 nitrogen and oxygen atoms in total. The molecule has 0 atom stereocenters. The van der Waals surface area contributed by atoms with E-state index in [1.165, 1.54) is 31.4 Å². The standard InChI is InChI=1S/C10H11NO4S/c1-3-10(12)11-16(13,14)9-6-4-8(15-2)5-7-9/h3-7H,1H2,2H3,(H,11,12). The summed E-state index contributed by atoms with van der Waals surface area (Å²) in [6.07, 6.45) is 0.890. The van der Waals surface area contributed by atoms with Crippen molar-refractivity contribution >= 4 is 15.9 Å². The van der Waals surface area contributed by atoms with E-state index >= 15 is 0 Å². The zero-order valence-electron chi connectivity index (χ0n) is 8.64. The van der Waals surface area contributed by atoms with Crippen molar-refractivity contribution in [2.45, 2.75) is 4.90 Å². The number of carbonyl (C=O) groups is 1. The number of benzene rings is 1. The summed E-state index contributed by atoms with van der Waals surface area (Å²) < 4.78 is 29.9. The first-order chi connectivity index (χ1) is 7.49. The molecule has 0 aromatic heterocycles. The van der Waals surface area contributed by atoms with E-state index in [2.05, 4.69) is 6.58 Å². The molecule has 0 aliphatic rings. The van der Waals surface area contributed by atoms with Crippen LogP contribution < -0.4 is 9.46 Å². The fourth-order valence-electron chi connectivity index (χ4n) is 0.988. The highest BCUT2D eigenvalue weighted by atomic mass is 32.2. The minimum Gasteiger partial charge on any atom is -0.497 e. The third-order valence-corrected chi connectivity index (χ3v) is 3.15. The van der Waals surface area contributed by atoms with Crippen molar-refractivity contribution < 1.29 is 17.9 Å². The maximum atomic E-state index is 11.6. The van der Waals surface area contributed by atoms with E-state index < -0.39 is 15.9 Å². The molecule has 6 heteroatoms. The maximum Gasteiger partial charge on any atom is 0.264 e. The first-order valence-electron chi connectivity index (χ1n) is 4.33. The molecule has 0 fully saturated rings. The monoisotopic (exact) mass is 241 g/mol. The summed E-state index contributed by atoms with van der Waals surface area (Å²) in [5.41, 5.74) is 0. The van der Waals surface area contributed by atoms with Crippen molar-refractivity contribution in [2.24, 2.45) is 0 Å². The van der Waals surface area contributed by atoms with Crippen LogP contribution in [-0.2, 0) is 14.8 Å². The van der Waals surface area contributed by atoms with Gasteiger partial charge in [0.15, 0.2) is 0 Å². The molecular weight excluding hydrogens is 230 g/mol. The Kier molecular flexibility index (Phi) is 3.68. The topological polar surface area (TPSA) is 72.5 Å². The Morgan fingerprint density at radius 2 is 1.94 bits per heavy atom. The summed E-state index contributed by atoms with van der Waals surface area (Å²) in [6, 6.07) is 5.68. The molecule has 86 valence electrons. The largest absolute Gasteiger partial charge is 0.497 e. The number of ether oxygens (including phenoxy) is 1. The van der Waals surface area contributed by atoms with Crippen LogP contribution in [-0.4, -0.2) is 21.4 Å². The van der Waals surface area contributed by atoms with Gasteiger partial charge in [-0.2, -0.15) is 0 Å². The van der Waals surface area contributed by atoms with E-state index in [0.29, 0.717) is 5.75 Å². The average molecular weight is 241 g/mol. The molecule has 0 spiro atoms. The number of methoxy groups -OCH3 is 1. The number of hydrogen-bond donors (Lipinski definition) is 1. The Balaban J connectivity index is 2.98. The van der Waals surface area contributed by atoms with Gasteiger partial charge in [0.25, 0.3) is 15.9 Å². The van der Waals surface area contributed by atoms with E-state index in [0.717, 1.165) is 6.08 Å². The number of rotatable bonds is 4. The van der Waals surface area contributed by atoms with E-state index in [9.17, 15) is 13.2 Å². The molecule has 0 bridgehead atoms. The van der Waals surface area contributed by atoms with Crippen LogP contribution in [0.4, 0.5) is 0 Å². The maximum absolute atomic E-state index is 11.6. The summed E-state index contributed by atoms with van der Waals surface area (Å²) >= 11 is 0. The molecule has 1 aromatic rings. The fraction of sp³-hybridized carbons (Fsp3) is 0.100. The Morgan fingerprint density at radius 3 is 2.38 bits per heavy atom. The van der Waals surface area contributed by atoms with Crippen LogP contribution in [0.15, 0.2) is 41.8 Å². The van der Waals surface area contributed by atoms with Gasteiger partial charge in [-0.05, 0) is 30.3 Å². The molecule has 0 radical (unpaired) electrons. The quantitative estimate of drug-likeness (QED) is 0.787. The molecule has 0 aliphatic heterocycles. The van der Waals surface area contributed by atoms with Crippen molar-refractivity contribution in [3.63, 3.8) is 0 Å². The van der Waals surface area contributed by atoms with Gasteiger partial charge in [-0.1, -0.05) is 6.58 Å². The molecule has 1 amide bonds. The highest BCUT2D eigenvalue weighted by Gasteiger charge is 2.15. The first kappa shape index (κ1) is 12.3. The van der Waals surface area contributed by atoms with Crippen molar-refractivity contribution in [3.8, 4) is 5.75 Å². The molecule has 0 saturated heterocycles. The van der Waals surface area contributed by atoms with Crippen LogP contribution in [0.5, 0.6) is 5.75 Å². The predicted octanol–water partition coefficient (Wildman–Crippen LogP) is 0.686. The third-order valence-electron chi connectivity index (χ3n) is 1.79. The number of sulfonamides is 1. The van der Waals surface area contributed by atoms with Crippen molar-refractivity contribution in [1.29, 1.82) is 0 Å². The van der Waals surface area contributed by atoms with Crippen molar-refractivity contribution in [1.82, 2.24) is 4.72 Å². The van der Waals surface area contributed by atoms with E-state index in [-0.39, 0.29) is 4.90 Å². The molecule has 1 aromatic carbocycles. The summed E-state index contributed by atoms with van der Waals surface area (Å²) in [5.74, 6) is -0.232. The molecule has 1 N–H and O–H groups in total. The van der Waals surface area contributed by atoms with Gasteiger partial charge in [0.1, 0.15) is 5.75 Å². The Labute approximate surface area is 93.8 Å². The second-order valence-corrected chi connectivity index (χ2v) is 4.53. The van der Waals surface area contributed by atoms with Gasteiger partial charge in [-0.15, -0.1) is 0 Å². The third kappa shape index (κ3) is 2.83. The molecule has 0 heterocycles. The smallest absolute Gasteiger partial charge is 0.264 e. The van der Waals surface area contributed by atoms with Crippen LogP contribution in [0.1, 0.15) is 0 Å².